The lowest BCUT2D eigenvalue weighted by molar-refractivity contribution is -0.134. The Bertz CT molecular complexity index is 568. The minimum atomic E-state index is -0.452. The molecule has 1 saturated carbocycles. The third kappa shape index (κ3) is 3.29. The van der Waals surface area contributed by atoms with Crippen LogP contribution < -0.4 is 5.32 Å². The first-order chi connectivity index (χ1) is 10.7. The third-order valence-electron chi connectivity index (χ3n) is 4.49. The first kappa shape index (κ1) is 15.0. The topological polar surface area (TPSA) is 49.4 Å². The van der Waals surface area contributed by atoms with Gasteiger partial charge >= 0.3 is 0 Å². The Balaban J connectivity index is 1.56. The molecule has 2 aliphatic rings. The Morgan fingerprint density at radius 2 is 1.73 bits per heavy atom. The number of hydrogen-bond donors (Lipinski definition) is 1. The summed E-state index contributed by atoms with van der Waals surface area (Å²) in [5.41, 5.74) is 0.181. The Hall–Kier alpha value is -1.91. The van der Waals surface area contributed by atoms with E-state index in [-0.39, 0.29) is 29.3 Å². The van der Waals surface area contributed by atoms with Crippen molar-refractivity contribution < 1.29 is 14.0 Å². The second kappa shape index (κ2) is 6.46. The summed E-state index contributed by atoms with van der Waals surface area (Å²) in [6, 6.07) is 6.09. The molecule has 5 heteroatoms. The van der Waals surface area contributed by atoms with Crippen molar-refractivity contribution in [2.45, 2.75) is 32.1 Å². The van der Waals surface area contributed by atoms with E-state index in [2.05, 4.69) is 5.32 Å². The highest BCUT2D eigenvalue weighted by Gasteiger charge is 2.49. The van der Waals surface area contributed by atoms with Crippen molar-refractivity contribution >= 4 is 17.5 Å². The second-order valence-electron chi connectivity index (χ2n) is 6.16. The van der Waals surface area contributed by atoms with Crippen LogP contribution >= 0.6 is 0 Å². The van der Waals surface area contributed by atoms with Crippen LogP contribution in [0.3, 0.4) is 0 Å². The van der Waals surface area contributed by atoms with Gasteiger partial charge in [-0.05, 0) is 31.4 Å². The molecular weight excluding hydrogens is 283 g/mol. The minimum absolute atomic E-state index is 0.0931. The first-order valence-corrected chi connectivity index (χ1v) is 8.01. The molecular formula is C17H21FN2O2. The maximum absolute atomic E-state index is 13.5. The maximum Gasteiger partial charge on any atom is 0.228 e. The summed E-state index contributed by atoms with van der Waals surface area (Å²) in [5, 5.41) is 2.59. The summed E-state index contributed by atoms with van der Waals surface area (Å²) < 4.78 is 13.5. The number of para-hydroxylation sites is 1. The van der Waals surface area contributed by atoms with Gasteiger partial charge in [0.2, 0.25) is 11.8 Å². The lowest BCUT2D eigenvalue weighted by Crippen LogP contribution is -2.34. The highest BCUT2D eigenvalue weighted by molar-refractivity contribution is 5.99. The smallest absolute Gasteiger partial charge is 0.228 e. The van der Waals surface area contributed by atoms with E-state index in [4.69, 9.17) is 0 Å². The average Bonchev–Trinajstić information content (AvgIpc) is 3.33. The van der Waals surface area contributed by atoms with E-state index in [1.54, 1.807) is 12.1 Å². The van der Waals surface area contributed by atoms with Crippen LogP contribution in [0.5, 0.6) is 0 Å². The zero-order valence-corrected chi connectivity index (χ0v) is 12.6. The number of likely N-dealkylation sites (tertiary alicyclic amines) is 1. The summed E-state index contributed by atoms with van der Waals surface area (Å²) in [5.74, 6) is -1.14. The second-order valence-corrected chi connectivity index (χ2v) is 6.16. The van der Waals surface area contributed by atoms with E-state index < -0.39 is 5.82 Å². The standard InChI is InChI=1S/C17H21FN2O2/c18-14-7-3-4-8-15(14)19-16(21)12-11-13(12)17(22)20-9-5-1-2-6-10-20/h3-4,7-8,12-13H,1-2,5-6,9-11H2,(H,19,21). The van der Waals surface area contributed by atoms with E-state index in [0.717, 1.165) is 25.9 Å². The summed E-state index contributed by atoms with van der Waals surface area (Å²) in [6.07, 6.45) is 5.02. The number of carbonyl (C=O) groups is 2. The Morgan fingerprint density at radius 1 is 1.05 bits per heavy atom. The molecule has 1 aromatic carbocycles. The molecule has 118 valence electrons. The number of amides is 2. The van der Waals surface area contributed by atoms with Crippen molar-refractivity contribution in [3.8, 4) is 0 Å². The number of benzene rings is 1. The zero-order chi connectivity index (χ0) is 15.5. The Morgan fingerprint density at radius 3 is 2.41 bits per heavy atom. The molecule has 0 bridgehead atoms. The molecule has 1 aromatic rings. The molecule has 2 amide bonds. The summed E-state index contributed by atoms with van der Waals surface area (Å²) in [4.78, 5) is 26.5. The van der Waals surface area contributed by atoms with Gasteiger partial charge in [0, 0.05) is 13.1 Å². The predicted octanol–water partition coefficient (Wildman–Crippen LogP) is 2.80. The van der Waals surface area contributed by atoms with Gasteiger partial charge in [-0.25, -0.2) is 4.39 Å². The van der Waals surface area contributed by atoms with E-state index in [0.29, 0.717) is 6.42 Å². The number of halogens is 1. The lowest BCUT2D eigenvalue weighted by Gasteiger charge is -2.20. The molecule has 1 aliphatic carbocycles. The Labute approximate surface area is 129 Å². The fourth-order valence-corrected chi connectivity index (χ4v) is 3.07. The highest BCUT2D eigenvalue weighted by atomic mass is 19.1. The van der Waals surface area contributed by atoms with E-state index in [9.17, 15) is 14.0 Å². The van der Waals surface area contributed by atoms with Crippen molar-refractivity contribution in [1.82, 2.24) is 4.90 Å². The number of nitrogens with one attached hydrogen (secondary N) is 1. The molecule has 1 aliphatic heterocycles. The fourth-order valence-electron chi connectivity index (χ4n) is 3.07. The van der Waals surface area contributed by atoms with Gasteiger partial charge in [-0.15, -0.1) is 0 Å². The van der Waals surface area contributed by atoms with Crippen LogP contribution in [0.25, 0.3) is 0 Å². The predicted molar refractivity (Wildman–Crippen MR) is 81.7 cm³/mol. The van der Waals surface area contributed by atoms with Crippen LogP contribution in [0.1, 0.15) is 32.1 Å². The van der Waals surface area contributed by atoms with Crippen LogP contribution in [0.2, 0.25) is 0 Å². The molecule has 1 N–H and O–H groups in total. The van der Waals surface area contributed by atoms with Gasteiger partial charge < -0.3 is 10.2 Å². The number of nitrogens with zero attached hydrogens (tertiary/aromatic N) is 1. The van der Waals surface area contributed by atoms with Gasteiger partial charge in [0.1, 0.15) is 5.82 Å². The molecule has 2 unspecified atom stereocenters. The van der Waals surface area contributed by atoms with Gasteiger partial charge in [-0.3, -0.25) is 9.59 Å². The van der Waals surface area contributed by atoms with Gasteiger partial charge in [-0.2, -0.15) is 0 Å². The van der Waals surface area contributed by atoms with E-state index in [1.165, 1.54) is 25.0 Å². The number of hydrogen-bond acceptors (Lipinski definition) is 2. The van der Waals surface area contributed by atoms with Gasteiger partial charge in [0.05, 0.1) is 17.5 Å². The molecule has 2 atom stereocenters. The maximum atomic E-state index is 13.5. The van der Waals surface area contributed by atoms with Crippen molar-refractivity contribution in [3.63, 3.8) is 0 Å². The third-order valence-corrected chi connectivity index (χ3v) is 4.49. The molecule has 0 aromatic heterocycles. The summed E-state index contributed by atoms with van der Waals surface area (Å²) in [7, 11) is 0. The molecule has 0 radical (unpaired) electrons. The van der Waals surface area contributed by atoms with E-state index in [1.807, 2.05) is 4.90 Å². The number of carbonyl (C=O) groups excluding carboxylic acids is 2. The van der Waals surface area contributed by atoms with Crippen LogP contribution in [0, 0.1) is 17.7 Å². The van der Waals surface area contributed by atoms with Gasteiger partial charge in [0.25, 0.3) is 0 Å². The van der Waals surface area contributed by atoms with Gasteiger partial charge in [-0.1, -0.05) is 25.0 Å². The monoisotopic (exact) mass is 304 g/mol. The number of rotatable bonds is 3. The van der Waals surface area contributed by atoms with Crippen LogP contribution in [-0.4, -0.2) is 29.8 Å². The molecule has 2 fully saturated rings. The van der Waals surface area contributed by atoms with Crippen molar-refractivity contribution in [2.24, 2.45) is 11.8 Å². The van der Waals surface area contributed by atoms with Crippen molar-refractivity contribution in [3.05, 3.63) is 30.1 Å². The van der Waals surface area contributed by atoms with E-state index >= 15 is 0 Å². The van der Waals surface area contributed by atoms with Crippen molar-refractivity contribution in [2.75, 3.05) is 18.4 Å². The van der Waals surface area contributed by atoms with Crippen LogP contribution in [-0.2, 0) is 9.59 Å². The average molecular weight is 304 g/mol. The highest BCUT2D eigenvalue weighted by Crippen LogP contribution is 2.41. The Kier molecular flexibility index (Phi) is 4.41. The fraction of sp³-hybridized carbons (Fsp3) is 0.529. The normalized spacial score (nSPS) is 24.5. The molecule has 1 saturated heterocycles. The lowest BCUT2D eigenvalue weighted by atomic mass is 10.2. The summed E-state index contributed by atoms with van der Waals surface area (Å²) >= 11 is 0. The molecule has 4 nitrogen and oxygen atoms in total. The largest absolute Gasteiger partial charge is 0.342 e. The van der Waals surface area contributed by atoms with Crippen LogP contribution in [0.4, 0.5) is 10.1 Å². The number of anilines is 1. The quantitative estimate of drug-likeness (QED) is 0.933. The minimum Gasteiger partial charge on any atom is -0.342 e. The van der Waals surface area contributed by atoms with Crippen LogP contribution in [0.15, 0.2) is 24.3 Å². The molecule has 1 heterocycles. The molecule has 22 heavy (non-hydrogen) atoms. The summed E-state index contributed by atoms with van der Waals surface area (Å²) in [6.45, 7) is 1.61. The van der Waals surface area contributed by atoms with Gasteiger partial charge in [0.15, 0.2) is 0 Å². The zero-order valence-electron chi connectivity index (χ0n) is 12.6. The molecule has 3 rings (SSSR count). The van der Waals surface area contributed by atoms with Crippen molar-refractivity contribution in [1.29, 1.82) is 0 Å². The first-order valence-electron chi connectivity index (χ1n) is 8.01. The molecule has 0 spiro atoms. The SMILES string of the molecule is O=C(Nc1ccccc1F)C1CC1C(=O)N1CCCCCC1.